The summed E-state index contributed by atoms with van der Waals surface area (Å²) in [5, 5.41) is 5.43. The molecule has 0 bridgehead atoms. The van der Waals surface area contributed by atoms with Crippen molar-refractivity contribution in [3.63, 3.8) is 0 Å². The summed E-state index contributed by atoms with van der Waals surface area (Å²) in [5.41, 5.74) is 5.81. The van der Waals surface area contributed by atoms with Crippen LogP contribution < -0.4 is 21.1 Å². The second-order valence-corrected chi connectivity index (χ2v) is 5.99. The number of rotatable bonds is 5. The lowest BCUT2D eigenvalue weighted by Crippen LogP contribution is -2.43. The van der Waals surface area contributed by atoms with Gasteiger partial charge < -0.3 is 21.1 Å². The number of carbonyl (C=O) groups excluding carboxylic acids is 2. The van der Waals surface area contributed by atoms with Gasteiger partial charge in [0.15, 0.2) is 0 Å². The summed E-state index contributed by atoms with van der Waals surface area (Å²) >= 11 is 0. The summed E-state index contributed by atoms with van der Waals surface area (Å²) in [6, 6.07) is 9.84. The number of urea groups is 1. The van der Waals surface area contributed by atoms with Crippen LogP contribution in [0.5, 0.6) is 5.75 Å². The molecule has 0 aliphatic rings. The fraction of sp³-hybridized carbons (Fsp3) is 0.222. The van der Waals surface area contributed by atoms with Crippen LogP contribution in [0.4, 0.5) is 14.9 Å². The maximum atomic E-state index is 13.1. The minimum Gasteiger partial charge on any atom is -0.495 e. The zero-order valence-corrected chi connectivity index (χ0v) is 14.2. The van der Waals surface area contributed by atoms with Crippen molar-refractivity contribution < 1.29 is 18.7 Å². The predicted octanol–water partition coefficient (Wildman–Crippen LogP) is 2.99. The van der Waals surface area contributed by atoms with Crippen molar-refractivity contribution in [1.82, 2.24) is 5.32 Å². The number of ether oxygens (including phenoxy) is 1. The molecule has 0 fully saturated rings. The number of benzene rings is 2. The molecular weight excluding hydrogens is 325 g/mol. The highest BCUT2D eigenvalue weighted by molar-refractivity contribution is 5.97. The molecule has 0 aliphatic heterocycles. The predicted molar refractivity (Wildman–Crippen MR) is 93.1 cm³/mol. The van der Waals surface area contributed by atoms with E-state index in [2.05, 4.69) is 10.6 Å². The molecule has 6 nitrogen and oxygen atoms in total. The van der Waals surface area contributed by atoms with E-state index in [1.807, 2.05) is 0 Å². The van der Waals surface area contributed by atoms with Gasteiger partial charge in [0.25, 0.3) is 0 Å². The van der Waals surface area contributed by atoms with Crippen molar-refractivity contribution in [2.75, 3.05) is 12.4 Å². The molecule has 7 heteroatoms. The van der Waals surface area contributed by atoms with Gasteiger partial charge in [-0.1, -0.05) is 12.1 Å². The van der Waals surface area contributed by atoms with E-state index in [9.17, 15) is 14.0 Å². The smallest absolute Gasteiger partial charge is 0.320 e. The minimum absolute atomic E-state index is 0.244. The van der Waals surface area contributed by atoms with E-state index in [0.717, 1.165) is 5.56 Å². The number of nitrogens with one attached hydrogen (secondary N) is 2. The lowest BCUT2D eigenvalue weighted by atomic mass is 9.94. The zero-order chi connectivity index (χ0) is 18.6. The van der Waals surface area contributed by atoms with E-state index in [-0.39, 0.29) is 11.4 Å². The molecule has 4 N–H and O–H groups in total. The lowest BCUT2D eigenvalue weighted by molar-refractivity contribution is 0.1000. The van der Waals surface area contributed by atoms with E-state index in [1.54, 1.807) is 32.0 Å². The van der Waals surface area contributed by atoms with Gasteiger partial charge in [-0.25, -0.2) is 9.18 Å². The first-order chi connectivity index (χ1) is 11.7. The molecule has 0 saturated heterocycles. The highest BCUT2D eigenvalue weighted by atomic mass is 19.1. The Hall–Kier alpha value is -3.09. The Morgan fingerprint density at radius 2 is 1.76 bits per heavy atom. The largest absolute Gasteiger partial charge is 0.495 e. The van der Waals surface area contributed by atoms with Crippen LogP contribution in [0.2, 0.25) is 0 Å². The Bertz CT molecular complexity index is 789. The van der Waals surface area contributed by atoms with Crippen molar-refractivity contribution in [2.45, 2.75) is 19.4 Å². The summed E-state index contributed by atoms with van der Waals surface area (Å²) < 4.78 is 18.2. The molecule has 2 aromatic carbocycles. The molecule has 0 atom stereocenters. The number of hydrogen-bond acceptors (Lipinski definition) is 3. The monoisotopic (exact) mass is 345 g/mol. The molecule has 25 heavy (non-hydrogen) atoms. The van der Waals surface area contributed by atoms with Crippen LogP contribution in [-0.4, -0.2) is 19.0 Å². The van der Waals surface area contributed by atoms with Gasteiger partial charge in [0.1, 0.15) is 11.6 Å². The molecule has 0 heterocycles. The van der Waals surface area contributed by atoms with Crippen LogP contribution in [0.1, 0.15) is 29.8 Å². The van der Waals surface area contributed by atoms with Crippen LogP contribution in [0.15, 0.2) is 42.5 Å². The van der Waals surface area contributed by atoms with Crippen molar-refractivity contribution >= 4 is 17.6 Å². The third kappa shape index (κ3) is 4.47. The molecule has 0 spiro atoms. The molecule has 2 aromatic rings. The normalized spacial score (nSPS) is 10.9. The van der Waals surface area contributed by atoms with Crippen LogP contribution in [0.3, 0.4) is 0 Å². The SMILES string of the molecule is COc1ccc(C(N)=O)cc1NC(=O)NC(C)(C)c1ccc(F)cc1. The van der Waals surface area contributed by atoms with Gasteiger partial charge >= 0.3 is 6.03 Å². The van der Waals surface area contributed by atoms with Gasteiger partial charge in [0, 0.05) is 5.56 Å². The average molecular weight is 345 g/mol. The summed E-state index contributed by atoms with van der Waals surface area (Å²) in [7, 11) is 1.45. The van der Waals surface area contributed by atoms with Gasteiger partial charge in [-0.15, -0.1) is 0 Å². The first kappa shape index (κ1) is 18.3. The number of primary amides is 1. The van der Waals surface area contributed by atoms with E-state index in [0.29, 0.717) is 11.4 Å². The van der Waals surface area contributed by atoms with Crippen LogP contribution in [-0.2, 0) is 5.54 Å². The second kappa shape index (κ2) is 7.21. The lowest BCUT2D eigenvalue weighted by Gasteiger charge is -2.27. The summed E-state index contributed by atoms with van der Waals surface area (Å²) in [4.78, 5) is 23.7. The van der Waals surface area contributed by atoms with E-state index in [4.69, 9.17) is 10.5 Å². The number of anilines is 1. The molecule has 0 saturated carbocycles. The van der Waals surface area contributed by atoms with Crippen molar-refractivity contribution in [3.8, 4) is 5.75 Å². The van der Waals surface area contributed by atoms with E-state index >= 15 is 0 Å². The quantitative estimate of drug-likeness (QED) is 0.777. The molecule has 132 valence electrons. The van der Waals surface area contributed by atoms with Crippen LogP contribution in [0.25, 0.3) is 0 Å². The standard InChI is InChI=1S/C18H20FN3O3/c1-18(2,12-5-7-13(19)8-6-12)22-17(24)21-14-10-11(16(20)23)4-9-15(14)25-3/h4-10H,1-3H3,(H2,20,23)(H2,21,22,24). The van der Waals surface area contributed by atoms with Crippen LogP contribution in [0, 0.1) is 5.82 Å². The third-order valence-corrected chi connectivity index (χ3v) is 3.72. The Balaban J connectivity index is 2.17. The van der Waals surface area contributed by atoms with Crippen molar-refractivity contribution in [2.24, 2.45) is 5.73 Å². The number of nitrogens with two attached hydrogens (primary N) is 1. The second-order valence-electron chi connectivity index (χ2n) is 5.99. The summed E-state index contributed by atoms with van der Waals surface area (Å²) in [6.45, 7) is 3.58. The van der Waals surface area contributed by atoms with Crippen LogP contribution >= 0.6 is 0 Å². The Labute approximate surface area is 145 Å². The maximum absolute atomic E-state index is 13.1. The highest BCUT2D eigenvalue weighted by Crippen LogP contribution is 2.26. The Kier molecular flexibility index (Phi) is 5.26. The van der Waals surface area contributed by atoms with Gasteiger partial charge in [-0.05, 0) is 49.7 Å². The first-order valence-corrected chi connectivity index (χ1v) is 7.56. The molecule has 0 aromatic heterocycles. The van der Waals surface area contributed by atoms with Gasteiger partial charge in [0.2, 0.25) is 5.91 Å². The van der Waals surface area contributed by atoms with E-state index < -0.39 is 17.5 Å². The fourth-order valence-electron chi connectivity index (χ4n) is 2.34. The Morgan fingerprint density at radius 1 is 1.12 bits per heavy atom. The average Bonchev–Trinajstić information content (AvgIpc) is 2.54. The fourth-order valence-corrected chi connectivity index (χ4v) is 2.34. The molecular formula is C18H20FN3O3. The summed E-state index contributed by atoms with van der Waals surface area (Å²) in [6.07, 6.45) is 0. The minimum atomic E-state index is -0.744. The molecule has 2 rings (SSSR count). The maximum Gasteiger partial charge on any atom is 0.320 e. The number of carbonyl (C=O) groups is 2. The van der Waals surface area contributed by atoms with Gasteiger partial charge in [-0.3, -0.25) is 4.79 Å². The van der Waals surface area contributed by atoms with Crippen molar-refractivity contribution in [1.29, 1.82) is 0 Å². The van der Waals surface area contributed by atoms with Gasteiger partial charge in [-0.2, -0.15) is 0 Å². The Morgan fingerprint density at radius 3 is 2.32 bits per heavy atom. The number of methoxy groups -OCH3 is 1. The topological polar surface area (TPSA) is 93.4 Å². The highest BCUT2D eigenvalue weighted by Gasteiger charge is 2.23. The van der Waals surface area contributed by atoms with E-state index in [1.165, 1.54) is 31.4 Å². The number of halogens is 1. The molecule has 0 unspecified atom stereocenters. The first-order valence-electron chi connectivity index (χ1n) is 7.56. The van der Waals surface area contributed by atoms with Gasteiger partial charge in [0.05, 0.1) is 18.3 Å². The third-order valence-electron chi connectivity index (χ3n) is 3.72. The molecule has 3 amide bonds. The number of hydrogen-bond donors (Lipinski definition) is 3. The molecule has 0 radical (unpaired) electrons. The van der Waals surface area contributed by atoms with Crippen molar-refractivity contribution in [3.05, 3.63) is 59.4 Å². The molecule has 0 aliphatic carbocycles. The summed E-state index contributed by atoms with van der Waals surface area (Å²) in [5.74, 6) is -0.575. The number of amides is 3. The zero-order valence-electron chi connectivity index (χ0n) is 14.2.